The zero-order valence-electron chi connectivity index (χ0n) is 15.1. The molecular weight excluding hydrogens is 304 g/mol. The highest BCUT2D eigenvalue weighted by atomic mass is 16.5. The summed E-state index contributed by atoms with van der Waals surface area (Å²) < 4.78 is 4.89. The van der Waals surface area contributed by atoms with E-state index in [1.165, 1.54) is 58.5 Å². The quantitative estimate of drug-likeness (QED) is 0.699. The fraction of sp³-hybridized carbons (Fsp3) is 0.895. The number of ether oxygens (including phenoxy) is 1. The van der Waals surface area contributed by atoms with Crippen LogP contribution in [0.15, 0.2) is 0 Å². The number of hydrogen-bond donors (Lipinski definition) is 2. The van der Waals surface area contributed by atoms with Crippen molar-refractivity contribution in [3.05, 3.63) is 0 Å². The summed E-state index contributed by atoms with van der Waals surface area (Å²) in [7, 11) is 1.38. The number of methoxy groups -OCH3 is 1. The number of rotatable bonds is 7. The summed E-state index contributed by atoms with van der Waals surface area (Å²) in [6.07, 6.45) is 13.5. The Morgan fingerprint density at radius 1 is 0.958 bits per heavy atom. The molecule has 138 valence electrons. The van der Waals surface area contributed by atoms with E-state index in [1.54, 1.807) is 0 Å². The first-order valence-electron chi connectivity index (χ1n) is 9.74. The van der Waals surface area contributed by atoms with Gasteiger partial charge in [-0.15, -0.1) is 0 Å². The van der Waals surface area contributed by atoms with Gasteiger partial charge in [0.2, 0.25) is 5.91 Å². The van der Waals surface area contributed by atoms with Crippen molar-refractivity contribution in [3.63, 3.8) is 0 Å². The molecule has 2 unspecified atom stereocenters. The van der Waals surface area contributed by atoms with Crippen LogP contribution in [-0.4, -0.2) is 31.1 Å². The molecule has 2 fully saturated rings. The molecule has 2 atom stereocenters. The molecule has 2 saturated carbocycles. The van der Waals surface area contributed by atoms with Gasteiger partial charge >= 0.3 is 5.97 Å². The fourth-order valence-electron chi connectivity index (χ4n) is 4.28. The maximum atomic E-state index is 12.4. The topological polar surface area (TPSA) is 81.4 Å². The second kappa shape index (κ2) is 10.0. The Bertz CT molecular complexity index is 401. The van der Waals surface area contributed by atoms with Gasteiger partial charge in [0.1, 0.15) is 6.04 Å². The third-order valence-corrected chi connectivity index (χ3v) is 5.74. The van der Waals surface area contributed by atoms with E-state index >= 15 is 0 Å². The van der Waals surface area contributed by atoms with Crippen molar-refractivity contribution in [3.8, 4) is 0 Å². The summed E-state index contributed by atoms with van der Waals surface area (Å²) in [5, 5.41) is 2.87. The number of amides is 1. The molecule has 2 aliphatic rings. The minimum absolute atomic E-state index is 0.202. The van der Waals surface area contributed by atoms with Gasteiger partial charge < -0.3 is 15.8 Å². The lowest BCUT2D eigenvalue weighted by Crippen LogP contribution is -2.50. The zero-order valence-corrected chi connectivity index (χ0v) is 15.1. The lowest BCUT2D eigenvalue weighted by molar-refractivity contribution is -0.145. The maximum absolute atomic E-state index is 12.4. The first kappa shape index (κ1) is 19.2. The van der Waals surface area contributed by atoms with E-state index in [4.69, 9.17) is 10.5 Å². The van der Waals surface area contributed by atoms with Crippen molar-refractivity contribution >= 4 is 11.9 Å². The van der Waals surface area contributed by atoms with Gasteiger partial charge in [-0.3, -0.25) is 4.79 Å². The van der Waals surface area contributed by atoms with Crippen LogP contribution in [0.1, 0.15) is 77.0 Å². The molecule has 0 aromatic carbocycles. The molecule has 0 bridgehead atoms. The Labute approximate surface area is 146 Å². The third-order valence-electron chi connectivity index (χ3n) is 5.74. The number of esters is 1. The average molecular weight is 338 g/mol. The molecule has 2 aliphatic carbocycles. The Morgan fingerprint density at radius 2 is 1.46 bits per heavy atom. The first-order chi connectivity index (χ1) is 11.6. The summed E-state index contributed by atoms with van der Waals surface area (Å²) in [5.74, 6) is 0.498. The van der Waals surface area contributed by atoms with Crippen molar-refractivity contribution in [1.29, 1.82) is 0 Å². The Morgan fingerprint density at radius 3 is 1.96 bits per heavy atom. The SMILES string of the molecule is COC(=O)C(CC1CCCCC1)NC(=O)C(N)CC1CCCCC1. The van der Waals surface area contributed by atoms with E-state index in [2.05, 4.69) is 5.32 Å². The number of nitrogens with one attached hydrogen (secondary N) is 1. The fourth-order valence-corrected chi connectivity index (χ4v) is 4.28. The molecule has 0 spiro atoms. The normalized spacial score (nSPS) is 22.6. The lowest BCUT2D eigenvalue weighted by Gasteiger charge is -2.28. The van der Waals surface area contributed by atoms with E-state index in [1.807, 2.05) is 0 Å². The van der Waals surface area contributed by atoms with Crippen molar-refractivity contribution < 1.29 is 14.3 Å². The highest BCUT2D eigenvalue weighted by Gasteiger charge is 2.29. The molecule has 0 aliphatic heterocycles. The van der Waals surface area contributed by atoms with Crippen molar-refractivity contribution in [2.24, 2.45) is 17.6 Å². The molecule has 3 N–H and O–H groups in total. The molecule has 0 saturated heterocycles. The van der Waals surface area contributed by atoms with Crippen LogP contribution in [0.25, 0.3) is 0 Å². The van der Waals surface area contributed by atoms with E-state index in [9.17, 15) is 9.59 Å². The third kappa shape index (κ3) is 6.08. The predicted molar refractivity (Wildman–Crippen MR) is 94.3 cm³/mol. The number of hydrogen-bond acceptors (Lipinski definition) is 4. The molecule has 24 heavy (non-hydrogen) atoms. The summed E-state index contributed by atoms with van der Waals surface area (Å²) in [5.41, 5.74) is 6.11. The van der Waals surface area contributed by atoms with Gasteiger partial charge in [0, 0.05) is 0 Å². The summed E-state index contributed by atoms with van der Waals surface area (Å²) >= 11 is 0. The van der Waals surface area contributed by atoms with Crippen LogP contribution in [0.5, 0.6) is 0 Å². The summed E-state index contributed by atoms with van der Waals surface area (Å²) in [6.45, 7) is 0. The standard InChI is InChI=1S/C19H34N2O3/c1-24-19(23)17(13-15-10-6-3-7-11-15)21-18(22)16(20)12-14-8-4-2-5-9-14/h14-17H,2-13,20H2,1H3,(H,21,22). The number of carbonyl (C=O) groups is 2. The van der Waals surface area contributed by atoms with Crippen molar-refractivity contribution in [1.82, 2.24) is 5.32 Å². The molecule has 2 rings (SSSR count). The lowest BCUT2D eigenvalue weighted by atomic mass is 9.84. The molecule has 1 amide bonds. The van der Waals surface area contributed by atoms with E-state index in [-0.39, 0.29) is 11.9 Å². The largest absolute Gasteiger partial charge is 0.467 e. The second-order valence-corrected chi connectivity index (χ2v) is 7.67. The minimum Gasteiger partial charge on any atom is -0.467 e. The van der Waals surface area contributed by atoms with Crippen LogP contribution in [-0.2, 0) is 14.3 Å². The van der Waals surface area contributed by atoms with Gasteiger partial charge in [-0.05, 0) is 24.7 Å². The van der Waals surface area contributed by atoms with Crippen LogP contribution in [0.4, 0.5) is 0 Å². The van der Waals surface area contributed by atoms with Crippen LogP contribution >= 0.6 is 0 Å². The van der Waals surface area contributed by atoms with Gasteiger partial charge in [0.25, 0.3) is 0 Å². The van der Waals surface area contributed by atoms with Crippen molar-refractivity contribution in [2.45, 2.75) is 89.1 Å². The van der Waals surface area contributed by atoms with E-state index in [0.29, 0.717) is 18.3 Å². The Balaban J connectivity index is 1.84. The van der Waals surface area contributed by atoms with Gasteiger partial charge in [-0.25, -0.2) is 4.79 Å². The van der Waals surface area contributed by atoms with Gasteiger partial charge in [-0.2, -0.15) is 0 Å². The van der Waals surface area contributed by atoms with Crippen LogP contribution < -0.4 is 11.1 Å². The number of carbonyl (C=O) groups excluding carboxylic acids is 2. The predicted octanol–water partition coefficient (Wildman–Crippen LogP) is 2.91. The molecule has 0 aromatic rings. The van der Waals surface area contributed by atoms with Crippen LogP contribution in [0, 0.1) is 11.8 Å². The monoisotopic (exact) mass is 338 g/mol. The smallest absolute Gasteiger partial charge is 0.328 e. The summed E-state index contributed by atoms with van der Waals surface area (Å²) in [6, 6.07) is -1.07. The second-order valence-electron chi connectivity index (χ2n) is 7.67. The maximum Gasteiger partial charge on any atom is 0.328 e. The molecule has 5 nitrogen and oxygen atoms in total. The first-order valence-corrected chi connectivity index (χ1v) is 9.74. The Hall–Kier alpha value is -1.10. The van der Waals surface area contributed by atoms with Crippen LogP contribution in [0.2, 0.25) is 0 Å². The molecule has 0 radical (unpaired) electrons. The molecule has 5 heteroatoms. The molecular formula is C19H34N2O3. The summed E-state index contributed by atoms with van der Waals surface area (Å²) in [4.78, 5) is 24.5. The minimum atomic E-state index is -0.553. The molecule has 0 heterocycles. The van der Waals surface area contributed by atoms with E-state index in [0.717, 1.165) is 19.3 Å². The molecule has 0 aromatic heterocycles. The van der Waals surface area contributed by atoms with Gasteiger partial charge in [-0.1, -0.05) is 64.2 Å². The Kier molecular flexibility index (Phi) is 8.03. The number of nitrogens with two attached hydrogens (primary N) is 1. The highest BCUT2D eigenvalue weighted by Crippen LogP contribution is 2.28. The zero-order chi connectivity index (χ0) is 17.4. The van der Waals surface area contributed by atoms with E-state index < -0.39 is 12.1 Å². The highest BCUT2D eigenvalue weighted by molar-refractivity contribution is 5.87. The van der Waals surface area contributed by atoms with Gasteiger partial charge in [0.05, 0.1) is 13.2 Å². The van der Waals surface area contributed by atoms with Gasteiger partial charge in [0.15, 0.2) is 0 Å². The van der Waals surface area contributed by atoms with Crippen LogP contribution in [0.3, 0.4) is 0 Å². The van der Waals surface area contributed by atoms with Crippen molar-refractivity contribution in [2.75, 3.05) is 7.11 Å². The average Bonchev–Trinajstić information content (AvgIpc) is 2.62.